The zero-order chi connectivity index (χ0) is 13.9. The monoisotopic (exact) mass is 252 g/mol. The van der Waals surface area contributed by atoms with E-state index in [9.17, 15) is 4.79 Å². The molecule has 0 fully saturated rings. The summed E-state index contributed by atoms with van der Waals surface area (Å²) in [5, 5.41) is 8.32. The SMILES string of the molecule is C=CCCC/C=C/CO.C=CCCCCCC=O. The number of aldehydes is 1. The van der Waals surface area contributed by atoms with Gasteiger partial charge in [0.1, 0.15) is 6.29 Å². The van der Waals surface area contributed by atoms with Crippen LogP contribution >= 0.6 is 0 Å². The Morgan fingerprint density at radius 2 is 1.39 bits per heavy atom. The summed E-state index contributed by atoms with van der Waals surface area (Å²) in [6.07, 6.45) is 17.0. The third-order valence-electron chi connectivity index (χ3n) is 2.28. The van der Waals surface area contributed by atoms with E-state index in [2.05, 4.69) is 13.2 Å². The van der Waals surface area contributed by atoms with Crippen LogP contribution in [-0.4, -0.2) is 18.0 Å². The fraction of sp³-hybridized carbons (Fsp3) is 0.562. The number of aliphatic hydroxyl groups is 1. The van der Waals surface area contributed by atoms with E-state index < -0.39 is 0 Å². The van der Waals surface area contributed by atoms with Crippen LogP contribution in [-0.2, 0) is 4.79 Å². The lowest BCUT2D eigenvalue weighted by Gasteiger charge is -1.91. The first-order chi connectivity index (χ1) is 8.83. The number of carbonyl (C=O) groups is 1. The van der Waals surface area contributed by atoms with E-state index in [4.69, 9.17) is 5.11 Å². The minimum absolute atomic E-state index is 0.161. The van der Waals surface area contributed by atoms with Gasteiger partial charge in [0.05, 0.1) is 6.61 Å². The number of allylic oxidation sites excluding steroid dienone is 3. The number of carbonyl (C=O) groups excluding carboxylic acids is 1. The fourth-order valence-corrected chi connectivity index (χ4v) is 1.27. The summed E-state index contributed by atoms with van der Waals surface area (Å²) in [6, 6.07) is 0. The standard InChI is InChI=1S/2C8H14O/c2*1-2-3-4-5-6-7-8-9/h2,8H,1,3-7H2;2,6-7,9H,1,3-5,8H2/b;7-6+. The Hall–Kier alpha value is -1.15. The molecule has 0 aliphatic rings. The van der Waals surface area contributed by atoms with Gasteiger partial charge in [-0.25, -0.2) is 0 Å². The summed E-state index contributed by atoms with van der Waals surface area (Å²) in [5.41, 5.74) is 0. The predicted octanol–water partition coefficient (Wildman–Crippen LogP) is 4.21. The Morgan fingerprint density at radius 3 is 1.94 bits per heavy atom. The number of unbranched alkanes of at least 4 members (excludes halogenated alkanes) is 6. The zero-order valence-electron chi connectivity index (χ0n) is 11.5. The minimum Gasteiger partial charge on any atom is -0.392 e. The first kappa shape index (κ1) is 19.2. The molecule has 1 N–H and O–H groups in total. The summed E-state index contributed by atoms with van der Waals surface area (Å²) in [5.74, 6) is 0. The molecule has 0 aromatic rings. The van der Waals surface area contributed by atoms with Crippen molar-refractivity contribution in [2.45, 2.75) is 51.4 Å². The highest BCUT2D eigenvalue weighted by atomic mass is 16.2. The molecule has 0 aliphatic carbocycles. The Labute approximate surface area is 112 Å². The van der Waals surface area contributed by atoms with Crippen molar-refractivity contribution in [3.63, 3.8) is 0 Å². The van der Waals surface area contributed by atoms with Crippen molar-refractivity contribution in [3.8, 4) is 0 Å². The maximum absolute atomic E-state index is 9.82. The zero-order valence-corrected chi connectivity index (χ0v) is 11.5. The van der Waals surface area contributed by atoms with Gasteiger partial charge >= 0.3 is 0 Å². The molecule has 0 saturated carbocycles. The van der Waals surface area contributed by atoms with Crippen molar-refractivity contribution >= 4 is 6.29 Å². The molecule has 0 radical (unpaired) electrons. The molecule has 18 heavy (non-hydrogen) atoms. The highest BCUT2D eigenvalue weighted by Gasteiger charge is 1.84. The average molecular weight is 252 g/mol. The maximum atomic E-state index is 9.82. The molecule has 0 aromatic heterocycles. The molecule has 0 rings (SSSR count). The van der Waals surface area contributed by atoms with Crippen LogP contribution in [0.15, 0.2) is 37.5 Å². The Bertz CT molecular complexity index is 197. The van der Waals surface area contributed by atoms with Gasteiger partial charge in [0.25, 0.3) is 0 Å². The van der Waals surface area contributed by atoms with Gasteiger partial charge < -0.3 is 9.90 Å². The molecular weight excluding hydrogens is 224 g/mol. The third-order valence-corrected chi connectivity index (χ3v) is 2.28. The summed E-state index contributed by atoms with van der Waals surface area (Å²) in [7, 11) is 0. The van der Waals surface area contributed by atoms with Crippen molar-refractivity contribution < 1.29 is 9.90 Å². The second kappa shape index (κ2) is 21.2. The number of rotatable bonds is 11. The maximum Gasteiger partial charge on any atom is 0.119 e. The van der Waals surface area contributed by atoms with Gasteiger partial charge in [-0.05, 0) is 38.5 Å². The van der Waals surface area contributed by atoms with Crippen LogP contribution in [0.3, 0.4) is 0 Å². The van der Waals surface area contributed by atoms with E-state index >= 15 is 0 Å². The van der Waals surface area contributed by atoms with Gasteiger partial charge in [0.15, 0.2) is 0 Å². The Balaban J connectivity index is 0. The van der Waals surface area contributed by atoms with Gasteiger partial charge in [-0.15, -0.1) is 13.2 Å². The van der Waals surface area contributed by atoms with Gasteiger partial charge in [-0.3, -0.25) is 0 Å². The van der Waals surface area contributed by atoms with Gasteiger partial charge in [-0.2, -0.15) is 0 Å². The van der Waals surface area contributed by atoms with Crippen molar-refractivity contribution in [1.82, 2.24) is 0 Å². The largest absolute Gasteiger partial charge is 0.392 e. The molecule has 0 bridgehead atoms. The molecule has 104 valence electrons. The molecule has 0 atom stereocenters. The summed E-state index contributed by atoms with van der Waals surface area (Å²) in [6.45, 7) is 7.37. The predicted molar refractivity (Wildman–Crippen MR) is 79.6 cm³/mol. The van der Waals surface area contributed by atoms with Gasteiger partial charge in [-0.1, -0.05) is 30.7 Å². The Morgan fingerprint density at radius 1 is 0.778 bits per heavy atom. The van der Waals surface area contributed by atoms with E-state index in [0.29, 0.717) is 0 Å². The average Bonchev–Trinajstić information content (AvgIpc) is 2.39. The molecule has 0 amide bonds. The molecule has 0 aliphatic heterocycles. The molecule has 0 unspecified atom stereocenters. The van der Waals surface area contributed by atoms with Crippen molar-refractivity contribution in [2.24, 2.45) is 0 Å². The molecule has 0 aromatic carbocycles. The van der Waals surface area contributed by atoms with Crippen LogP contribution in [0.2, 0.25) is 0 Å². The molecular formula is C16H28O2. The number of hydrogen-bond donors (Lipinski definition) is 1. The molecule has 2 heteroatoms. The normalized spacial score (nSPS) is 9.61. The molecule has 2 nitrogen and oxygen atoms in total. The summed E-state index contributed by atoms with van der Waals surface area (Å²) >= 11 is 0. The van der Waals surface area contributed by atoms with Crippen LogP contribution in [0, 0.1) is 0 Å². The highest BCUT2D eigenvalue weighted by molar-refractivity contribution is 5.48. The van der Waals surface area contributed by atoms with E-state index in [1.165, 1.54) is 6.42 Å². The van der Waals surface area contributed by atoms with Crippen molar-refractivity contribution in [2.75, 3.05) is 6.61 Å². The molecule has 0 spiro atoms. The van der Waals surface area contributed by atoms with E-state index in [0.717, 1.165) is 51.2 Å². The van der Waals surface area contributed by atoms with Crippen LogP contribution in [0.4, 0.5) is 0 Å². The van der Waals surface area contributed by atoms with Crippen molar-refractivity contribution in [1.29, 1.82) is 0 Å². The second-order valence-electron chi connectivity index (χ2n) is 3.97. The number of aliphatic hydroxyl groups excluding tert-OH is 1. The lowest BCUT2D eigenvalue weighted by Crippen LogP contribution is -1.76. The smallest absolute Gasteiger partial charge is 0.119 e. The lowest BCUT2D eigenvalue weighted by atomic mass is 10.1. The van der Waals surface area contributed by atoms with Crippen LogP contribution < -0.4 is 0 Å². The summed E-state index contributed by atoms with van der Waals surface area (Å²) in [4.78, 5) is 9.82. The molecule has 0 heterocycles. The van der Waals surface area contributed by atoms with Crippen molar-refractivity contribution in [3.05, 3.63) is 37.5 Å². The van der Waals surface area contributed by atoms with Crippen LogP contribution in [0.25, 0.3) is 0 Å². The van der Waals surface area contributed by atoms with Crippen LogP contribution in [0.5, 0.6) is 0 Å². The van der Waals surface area contributed by atoms with Crippen LogP contribution in [0.1, 0.15) is 51.4 Å². The van der Waals surface area contributed by atoms with E-state index in [-0.39, 0.29) is 6.61 Å². The second-order valence-corrected chi connectivity index (χ2v) is 3.97. The topological polar surface area (TPSA) is 37.3 Å². The van der Waals surface area contributed by atoms with E-state index in [1.54, 1.807) is 6.08 Å². The van der Waals surface area contributed by atoms with Gasteiger partial charge in [0, 0.05) is 6.42 Å². The Kier molecular flexibility index (Phi) is 22.6. The van der Waals surface area contributed by atoms with E-state index in [1.807, 2.05) is 18.2 Å². The lowest BCUT2D eigenvalue weighted by molar-refractivity contribution is -0.107. The highest BCUT2D eigenvalue weighted by Crippen LogP contribution is 2.00. The summed E-state index contributed by atoms with van der Waals surface area (Å²) < 4.78 is 0. The first-order valence-electron chi connectivity index (χ1n) is 6.74. The molecule has 0 saturated heterocycles. The van der Waals surface area contributed by atoms with Gasteiger partial charge in [0.2, 0.25) is 0 Å². The quantitative estimate of drug-likeness (QED) is 0.340. The fourth-order valence-electron chi connectivity index (χ4n) is 1.27. The minimum atomic E-state index is 0.161. The number of hydrogen-bond acceptors (Lipinski definition) is 2. The third kappa shape index (κ3) is 24.2. The first-order valence-corrected chi connectivity index (χ1v) is 6.74.